The van der Waals surface area contributed by atoms with Crippen molar-refractivity contribution in [2.75, 3.05) is 190 Å². The van der Waals surface area contributed by atoms with Crippen molar-refractivity contribution in [3.63, 3.8) is 0 Å². The molecule has 2 saturated heterocycles. The molecule has 0 unspecified atom stereocenters. The third-order valence-corrected chi connectivity index (χ3v) is 9.87. The van der Waals surface area contributed by atoms with E-state index in [2.05, 4.69) is 131 Å². The van der Waals surface area contributed by atoms with Gasteiger partial charge in [0.05, 0.1) is 26.7 Å². The summed E-state index contributed by atoms with van der Waals surface area (Å²) in [4.78, 5) is 44.6. The van der Waals surface area contributed by atoms with Gasteiger partial charge in [0.15, 0.2) is 13.2 Å². The van der Waals surface area contributed by atoms with E-state index in [9.17, 15) is 9.59 Å². The first-order valence-corrected chi connectivity index (χ1v) is 22.5. The molecule has 2 aromatic carbocycles. The van der Waals surface area contributed by atoms with Gasteiger partial charge in [-0.15, -0.1) is 0 Å². The molecular weight excluding hydrogens is 797 g/mol. The van der Waals surface area contributed by atoms with Crippen LogP contribution in [0.2, 0.25) is 0 Å². The van der Waals surface area contributed by atoms with E-state index >= 15 is 0 Å². The first-order valence-electron chi connectivity index (χ1n) is 22.5. The van der Waals surface area contributed by atoms with Crippen LogP contribution in [0, 0.1) is 27.7 Å². The molecule has 4 rings (SSSR count). The predicted octanol–water partition coefficient (Wildman–Crippen LogP) is 2.01. The van der Waals surface area contributed by atoms with Crippen LogP contribution in [0.15, 0.2) is 36.4 Å². The molecule has 16 heteroatoms. The molecule has 2 aliphatic rings. The average Bonchev–Trinajstić information content (AvgIpc) is 3.19. The Balaban J connectivity index is 0.000000555. The fourth-order valence-electron chi connectivity index (χ4n) is 6.83. The molecule has 0 aliphatic carbocycles. The minimum atomic E-state index is -0.140. The van der Waals surface area contributed by atoms with Crippen molar-refractivity contribution < 1.29 is 19.1 Å². The summed E-state index contributed by atoms with van der Waals surface area (Å²) in [7, 11) is 22.9. The van der Waals surface area contributed by atoms with Gasteiger partial charge in [-0.2, -0.15) is 0 Å². The fourth-order valence-corrected chi connectivity index (χ4v) is 6.83. The van der Waals surface area contributed by atoms with Gasteiger partial charge in [0.25, 0.3) is 11.8 Å². The number of aryl methyl sites for hydroxylation is 4. The highest BCUT2D eigenvalue weighted by molar-refractivity contribution is 5.77. The zero-order chi connectivity index (χ0) is 47.3. The smallest absolute Gasteiger partial charge is 0.258 e. The quantitative estimate of drug-likeness (QED) is 0.133. The van der Waals surface area contributed by atoms with Crippen molar-refractivity contribution in [2.45, 2.75) is 34.1 Å². The van der Waals surface area contributed by atoms with Gasteiger partial charge in [0.1, 0.15) is 11.5 Å². The van der Waals surface area contributed by atoms with Crippen LogP contribution < -0.4 is 25.4 Å². The molecule has 362 valence electrons. The molecule has 0 radical (unpaired) electrons. The number of benzene rings is 2. The average molecular weight is 887 g/mol. The minimum Gasteiger partial charge on any atom is -0.484 e. The molecule has 63 heavy (non-hydrogen) atoms. The molecule has 3 N–H and O–H groups in total. The molecule has 0 saturated carbocycles. The number of hydrogen-bond acceptors (Lipinski definition) is 14. The number of amides is 2. The Morgan fingerprint density at radius 1 is 0.540 bits per heavy atom. The van der Waals surface area contributed by atoms with E-state index in [1.807, 2.05) is 71.1 Å². The lowest BCUT2D eigenvalue weighted by Gasteiger charge is -2.36. The number of ether oxygens (including phenoxy) is 2. The van der Waals surface area contributed by atoms with Crippen LogP contribution in [0.5, 0.6) is 11.5 Å². The topological polar surface area (TPSA) is 118 Å². The zero-order valence-corrected chi connectivity index (χ0v) is 42.3. The monoisotopic (exact) mass is 887 g/mol. The summed E-state index contributed by atoms with van der Waals surface area (Å²) in [5.41, 5.74) is 4.37. The number of piperazine rings is 2. The summed E-state index contributed by atoms with van der Waals surface area (Å²) in [6, 6.07) is 11.8. The summed E-state index contributed by atoms with van der Waals surface area (Å²) in [6.45, 7) is 22.5. The Bertz CT molecular complexity index is 1410. The van der Waals surface area contributed by atoms with Crippen LogP contribution in [0.3, 0.4) is 0 Å². The molecule has 0 atom stereocenters. The molecule has 2 aliphatic heterocycles. The first-order chi connectivity index (χ1) is 29.8. The Kier molecular flexibility index (Phi) is 30.3. The van der Waals surface area contributed by atoms with Crippen LogP contribution in [0.1, 0.15) is 28.7 Å². The van der Waals surface area contributed by atoms with Gasteiger partial charge in [0.2, 0.25) is 0 Å². The Morgan fingerprint density at radius 2 is 0.905 bits per heavy atom. The minimum absolute atomic E-state index is 0.0000810. The van der Waals surface area contributed by atoms with E-state index in [4.69, 9.17) is 9.47 Å². The van der Waals surface area contributed by atoms with E-state index < -0.39 is 0 Å². The number of carbonyl (C=O) groups excluding carboxylic acids is 2. The molecule has 0 spiro atoms. The highest BCUT2D eigenvalue weighted by Gasteiger charge is 2.19. The second-order valence-electron chi connectivity index (χ2n) is 18.1. The van der Waals surface area contributed by atoms with Crippen molar-refractivity contribution in [1.29, 1.82) is 0 Å². The van der Waals surface area contributed by atoms with Crippen molar-refractivity contribution in [3.8, 4) is 11.5 Å². The van der Waals surface area contributed by atoms with Crippen molar-refractivity contribution in [3.05, 3.63) is 58.7 Å². The third kappa shape index (κ3) is 29.6. The van der Waals surface area contributed by atoms with E-state index in [-0.39, 0.29) is 25.0 Å². The van der Waals surface area contributed by atoms with Gasteiger partial charge in [-0.1, -0.05) is 35.4 Å². The SMILES string of the molecule is CN(C)CN(C)C.CN(C)CN1CCN(CN(C)C)CC1.CNCCCN(C)C.Cc1ccc(OCC(=O)NCN2CCN(CNC(=O)COc3ccc(C)cc3C)CC2)c(C)c1. The highest BCUT2D eigenvalue weighted by Crippen LogP contribution is 2.19. The van der Waals surface area contributed by atoms with E-state index in [0.717, 1.165) is 75.4 Å². The van der Waals surface area contributed by atoms with Gasteiger partial charge in [-0.05, 0) is 148 Å². The predicted molar refractivity (Wildman–Crippen MR) is 262 cm³/mol. The number of carbonyl (C=O) groups is 2. The molecule has 0 aromatic heterocycles. The number of rotatable bonds is 20. The lowest BCUT2D eigenvalue weighted by molar-refractivity contribution is -0.125. The maximum Gasteiger partial charge on any atom is 0.258 e. The summed E-state index contributed by atoms with van der Waals surface area (Å²) in [5, 5.41) is 8.93. The normalized spacial score (nSPS) is 15.0. The van der Waals surface area contributed by atoms with Gasteiger partial charge >= 0.3 is 0 Å². The second kappa shape index (κ2) is 33.1. The van der Waals surface area contributed by atoms with E-state index in [0.29, 0.717) is 13.3 Å². The molecule has 2 heterocycles. The lowest BCUT2D eigenvalue weighted by Crippen LogP contribution is -2.52. The van der Waals surface area contributed by atoms with E-state index in [1.54, 1.807) is 0 Å². The summed E-state index contributed by atoms with van der Waals surface area (Å²) in [6.07, 6.45) is 1.24. The molecule has 2 fully saturated rings. The first kappa shape index (κ1) is 57.6. The maximum absolute atomic E-state index is 12.1. The summed E-state index contributed by atoms with van der Waals surface area (Å²) >= 11 is 0. The largest absolute Gasteiger partial charge is 0.484 e. The Hall–Kier alpha value is -3.42. The molecule has 0 bridgehead atoms. The number of hydrogen-bond donors (Lipinski definition) is 3. The standard InChI is InChI=1S/C26H36N4O4.C10H24N4.C6H16N2.C5H14N2/c1-19-5-7-23(21(3)13-19)33-15-25(31)27-17-29-9-11-30(12-10-29)18-28-26(32)16-34-24-8-6-20(2)14-22(24)4;1-11(2)9-13-5-7-14(8-6-13)10-12(3)4;1-7-5-4-6-8(2)3;1-6(2)5-7(3)4/h5-8,13-14H,9-12,15-18H2,1-4H3,(H,27,31)(H,28,32);5-10H2,1-4H3;7H,4-6H2,1-3H3;5H2,1-4H3. The van der Waals surface area contributed by atoms with Gasteiger partial charge in [-0.3, -0.25) is 48.8 Å². The van der Waals surface area contributed by atoms with Crippen LogP contribution in [0.25, 0.3) is 0 Å². The fraction of sp³-hybridized carbons (Fsp3) is 0.702. The molecule has 16 nitrogen and oxygen atoms in total. The van der Waals surface area contributed by atoms with Crippen LogP contribution in [-0.4, -0.2) is 245 Å². The van der Waals surface area contributed by atoms with Crippen molar-refractivity contribution in [2.24, 2.45) is 0 Å². The summed E-state index contributed by atoms with van der Waals surface area (Å²) in [5.74, 6) is 1.18. The Labute approximate surface area is 383 Å². The third-order valence-electron chi connectivity index (χ3n) is 9.87. The van der Waals surface area contributed by atoms with Crippen LogP contribution >= 0.6 is 0 Å². The lowest BCUT2D eigenvalue weighted by atomic mass is 10.1. The maximum atomic E-state index is 12.1. The number of nitrogens with one attached hydrogen (secondary N) is 3. The van der Waals surface area contributed by atoms with Crippen LogP contribution in [-0.2, 0) is 9.59 Å². The Morgan fingerprint density at radius 3 is 1.19 bits per heavy atom. The van der Waals surface area contributed by atoms with Gasteiger partial charge in [-0.25, -0.2) is 0 Å². The van der Waals surface area contributed by atoms with Gasteiger partial charge in [0, 0.05) is 59.0 Å². The molecular formula is C47H90N12O4. The second-order valence-corrected chi connectivity index (χ2v) is 18.1. The molecule has 2 amide bonds. The number of nitrogens with zero attached hydrogens (tertiary/aromatic N) is 9. The van der Waals surface area contributed by atoms with E-state index in [1.165, 1.54) is 50.3 Å². The zero-order valence-electron chi connectivity index (χ0n) is 42.3. The van der Waals surface area contributed by atoms with Crippen LogP contribution in [0.4, 0.5) is 0 Å². The van der Waals surface area contributed by atoms with Crippen molar-refractivity contribution >= 4 is 11.8 Å². The highest BCUT2D eigenvalue weighted by atomic mass is 16.5. The summed E-state index contributed by atoms with van der Waals surface area (Å²) < 4.78 is 11.3. The molecule has 2 aromatic rings. The van der Waals surface area contributed by atoms with Crippen molar-refractivity contribution in [1.82, 2.24) is 60.0 Å². The van der Waals surface area contributed by atoms with Gasteiger partial charge < -0.3 is 30.3 Å².